The summed E-state index contributed by atoms with van der Waals surface area (Å²) in [5.74, 6) is -0.689. The molecule has 132 valence electrons. The molecule has 0 radical (unpaired) electrons. The van der Waals surface area contributed by atoms with E-state index in [2.05, 4.69) is 0 Å². The molecular formula is C20H16O6. The minimum atomic E-state index is -0.681. The van der Waals surface area contributed by atoms with Crippen LogP contribution in [0.5, 0.6) is 11.5 Å². The van der Waals surface area contributed by atoms with Gasteiger partial charge in [0.2, 0.25) is 0 Å². The number of para-hydroxylation sites is 1. The number of aryl methyl sites for hydroxylation is 1. The van der Waals surface area contributed by atoms with Crippen molar-refractivity contribution in [3.05, 3.63) is 69.6 Å². The maximum Gasteiger partial charge on any atom is 0.347 e. The van der Waals surface area contributed by atoms with E-state index in [0.29, 0.717) is 16.7 Å². The molecule has 6 nitrogen and oxygen atoms in total. The van der Waals surface area contributed by atoms with Crippen LogP contribution in [0.4, 0.5) is 0 Å². The Balaban J connectivity index is 2.13. The maximum atomic E-state index is 12.5. The molecule has 0 spiro atoms. The van der Waals surface area contributed by atoms with E-state index >= 15 is 0 Å². The Morgan fingerprint density at radius 3 is 2.46 bits per heavy atom. The summed E-state index contributed by atoms with van der Waals surface area (Å²) in [5, 5.41) is 0.604. The van der Waals surface area contributed by atoms with Gasteiger partial charge in [-0.2, -0.15) is 0 Å². The largest absolute Gasteiger partial charge is 0.496 e. The zero-order valence-corrected chi connectivity index (χ0v) is 14.5. The SMILES string of the molecule is COc1ccccc1C(=O)Oc1ccc2c(C)cc(=O)oc2c1C(C)=O. The fraction of sp³-hybridized carbons (Fsp3) is 0.150. The molecule has 3 rings (SSSR count). The second-order valence-corrected chi connectivity index (χ2v) is 5.71. The molecule has 2 aromatic carbocycles. The maximum absolute atomic E-state index is 12.5. The number of esters is 1. The summed E-state index contributed by atoms with van der Waals surface area (Å²) in [6, 6.07) is 11.1. The van der Waals surface area contributed by atoms with E-state index in [1.54, 1.807) is 37.3 Å². The van der Waals surface area contributed by atoms with Crippen LogP contribution < -0.4 is 15.1 Å². The number of benzene rings is 2. The first kappa shape index (κ1) is 17.4. The van der Waals surface area contributed by atoms with Gasteiger partial charge in [-0.25, -0.2) is 9.59 Å². The first-order valence-electron chi connectivity index (χ1n) is 7.86. The quantitative estimate of drug-likeness (QED) is 0.309. The lowest BCUT2D eigenvalue weighted by molar-refractivity contribution is 0.0729. The van der Waals surface area contributed by atoms with Crippen molar-refractivity contribution in [2.45, 2.75) is 13.8 Å². The molecule has 0 aliphatic carbocycles. The molecule has 0 fully saturated rings. The van der Waals surface area contributed by atoms with Gasteiger partial charge in [0.1, 0.15) is 22.6 Å². The third-order valence-electron chi connectivity index (χ3n) is 3.96. The molecule has 1 heterocycles. The van der Waals surface area contributed by atoms with Crippen LogP contribution in [0, 0.1) is 6.92 Å². The lowest BCUT2D eigenvalue weighted by Gasteiger charge is -2.12. The number of ketones is 1. The van der Waals surface area contributed by atoms with Crippen molar-refractivity contribution >= 4 is 22.7 Å². The fourth-order valence-corrected chi connectivity index (χ4v) is 2.75. The third kappa shape index (κ3) is 3.09. The van der Waals surface area contributed by atoms with E-state index < -0.39 is 11.6 Å². The van der Waals surface area contributed by atoms with Crippen LogP contribution in [-0.2, 0) is 0 Å². The number of rotatable bonds is 4. The number of Topliss-reactive ketones (excluding diaryl/α,β-unsaturated/α-hetero) is 1. The Hall–Kier alpha value is -3.41. The molecule has 3 aromatic rings. The molecular weight excluding hydrogens is 336 g/mol. The summed E-state index contributed by atoms with van der Waals surface area (Å²) < 4.78 is 15.8. The Labute approximate surface area is 149 Å². The van der Waals surface area contributed by atoms with Gasteiger partial charge in [-0.3, -0.25) is 4.79 Å². The predicted molar refractivity (Wildman–Crippen MR) is 95.2 cm³/mol. The second-order valence-electron chi connectivity index (χ2n) is 5.71. The van der Waals surface area contributed by atoms with Gasteiger partial charge in [-0.1, -0.05) is 12.1 Å². The van der Waals surface area contributed by atoms with Crippen molar-refractivity contribution in [1.29, 1.82) is 0 Å². The second kappa shape index (κ2) is 6.84. The Morgan fingerprint density at radius 1 is 1.04 bits per heavy atom. The zero-order valence-electron chi connectivity index (χ0n) is 14.5. The van der Waals surface area contributed by atoms with Gasteiger partial charge in [0.25, 0.3) is 0 Å². The van der Waals surface area contributed by atoms with Crippen LogP contribution in [0.1, 0.15) is 33.2 Å². The summed E-state index contributed by atoms with van der Waals surface area (Å²) in [7, 11) is 1.45. The summed E-state index contributed by atoms with van der Waals surface area (Å²) in [6.45, 7) is 3.06. The van der Waals surface area contributed by atoms with Gasteiger partial charge in [0.15, 0.2) is 11.4 Å². The van der Waals surface area contributed by atoms with Crippen molar-refractivity contribution in [2.24, 2.45) is 0 Å². The summed E-state index contributed by atoms with van der Waals surface area (Å²) in [5.41, 5.74) is 0.460. The molecule has 0 saturated heterocycles. The number of methoxy groups -OCH3 is 1. The number of carbonyl (C=O) groups excluding carboxylic acids is 2. The zero-order chi connectivity index (χ0) is 18.8. The molecule has 0 saturated carbocycles. The highest BCUT2D eigenvalue weighted by atomic mass is 16.5. The number of hydrogen-bond acceptors (Lipinski definition) is 6. The summed E-state index contributed by atoms with van der Waals surface area (Å²) >= 11 is 0. The molecule has 1 aromatic heterocycles. The van der Waals surface area contributed by atoms with Crippen LogP contribution in [0.15, 0.2) is 51.7 Å². The lowest BCUT2D eigenvalue weighted by Crippen LogP contribution is -2.13. The molecule has 6 heteroatoms. The van der Waals surface area contributed by atoms with Crippen molar-refractivity contribution in [3.63, 3.8) is 0 Å². The highest BCUT2D eigenvalue weighted by molar-refractivity contribution is 6.08. The van der Waals surface area contributed by atoms with Gasteiger partial charge in [-0.15, -0.1) is 0 Å². The fourth-order valence-electron chi connectivity index (χ4n) is 2.75. The number of fused-ring (bicyclic) bond motifs is 1. The van der Waals surface area contributed by atoms with E-state index in [1.807, 2.05) is 0 Å². The van der Waals surface area contributed by atoms with Crippen molar-refractivity contribution in [3.8, 4) is 11.5 Å². The summed E-state index contributed by atoms with van der Waals surface area (Å²) in [6.07, 6.45) is 0. The van der Waals surface area contributed by atoms with E-state index in [4.69, 9.17) is 13.9 Å². The highest BCUT2D eigenvalue weighted by Crippen LogP contribution is 2.30. The molecule has 0 unspecified atom stereocenters. The van der Waals surface area contributed by atoms with Crippen LogP contribution in [-0.4, -0.2) is 18.9 Å². The van der Waals surface area contributed by atoms with E-state index in [-0.39, 0.29) is 28.2 Å². The van der Waals surface area contributed by atoms with Crippen LogP contribution in [0.2, 0.25) is 0 Å². The Kier molecular flexibility index (Phi) is 4.58. The van der Waals surface area contributed by atoms with Gasteiger partial charge < -0.3 is 13.9 Å². The van der Waals surface area contributed by atoms with Gasteiger partial charge in [0, 0.05) is 11.5 Å². The van der Waals surface area contributed by atoms with E-state index in [0.717, 1.165) is 0 Å². The lowest BCUT2D eigenvalue weighted by atomic mass is 10.0. The van der Waals surface area contributed by atoms with Gasteiger partial charge in [0.05, 0.1) is 7.11 Å². The smallest absolute Gasteiger partial charge is 0.347 e. The third-order valence-corrected chi connectivity index (χ3v) is 3.96. The van der Waals surface area contributed by atoms with Gasteiger partial charge in [-0.05, 0) is 43.7 Å². The van der Waals surface area contributed by atoms with Crippen LogP contribution >= 0.6 is 0 Å². The van der Waals surface area contributed by atoms with Crippen LogP contribution in [0.25, 0.3) is 11.0 Å². The van der Waals surface area contributed by atoms with Gasteiger partial charge >= 0.3 is 11.6 Å². The standard InChI is InChI=1S/C20H16O6/c1-11-10-17(22)26-19-13(11)8-9-16(18(19)12(2)21)25-20(23)14-6-4-5-7-15(14)24-3/h4-10H,1-3H3. The highest BCUT2D eigenvalue weighted by Gasteiger charge is 2.21. The van der Waals surface area contributed by atoms with E-state index in [9.17, 15) is 14.4 Å². The van der Waals surface area contributed by atoms with E-state index in [1.165, 1.54) is 26.2 Å². The predicted octanol–water partition coefficient (Wildman–Crippen LogP) is 3.53. The summed E-state index contributed by atoms with van der Waals surface area (Å²) in [4.78, 5) is 36.4. The van der Waals surface area contributed by atoms with Crippen molar-refractivity contribution in [1.82, 2.24) is 0 Å². The molecule has 26 heavy (non-hydrogen) atoms. The molecule has 0 aliphatic heterocycles. The monoisotopic (exact) mass is 352 g/mol. The number of hydrogen-bond donors (Lipinski definition) is 0. The molecule has 0 aliphatic rings. The topological polar surface area (TPSA) is 82.8 Å². The average Bonchev–Trinajstić information content (AvgIpc) is 2.60. The first-order valence-corrected chi connectivity index (χ1v) is 7.86. The Bertz CT molecular complexity index is 1080. The van der Waals surface area contributed by atoms with Crippen molar-refractivity contribution < 1.29 is 23.5 Å². The van der Waals surface area contributed by atoms with Crippen molar-refractivity contribution in [2.75, 3.05) is 7.11 Å². The molecule has 0 bridgehead atoms. The number of carbonyl (C=O) groups is 2. The van der Waals surface area contributed by atoms with Crippen LogP contribution in [0.3, 0.4) is 0 Å². The minimum Gasteiger partial charge on any atom is -0.496 e. The molecule has 0 atom stereocenters. The minimum absolute atomic E-state index is 0.0228. The first-order chi connectivity index (χ1) is 12.4. The average molecular weight is 352 g/mol. The Morgan fingerprint density at radius 2 is 1.77 bits per heavy atom. The normalized spacial score (nSPS) is 10.6. The molecule has 0 N–H and O–H groups in total. The molecule has 0 amide bonds. The number of ether oxygens (including phenoxy) is 2.